The average molecular weight is 505 g/mol. The van der Waals surface area contributed by atoms with Crippen molar-refractivity contribution in [2.75, 3.05) is 18.4 Å². The highest BCUT2D eigenvalue weighted by Gasteiger charge is 2.51. The van der Waals surface area contributed by atoms with Gasteiger partial charge in [-0.25, -0.2) is 4.39 Å². The third-order valence-corrected chi connectivity index (χ3v) is 8.19. The van der Waals surface area contributed by atoms with Gasteiger partial charge in [0.1, 0.15) is 5.82 Å². The van der Waals surface area contributed by atoms with Crippen molar-refractivity contribution in [1.29, 1.82) is 0 Å². The molecule has 3 N–H and O–H groups in total. The number of carboxylic acid groups (broad SMARTS) is 1. The molecule has 0 aromatic heterocycles. The van der Waals surface area contributed by atoms with Crippen LogP contribution < -0.4 is 10.6 Å². The van der Waals surface area contributed by atoms with Crippen LogP contribution in [0, 0.1) is 29.5 Å². The fourth-order valence-corrected chi connectivity index (χ4v) is 6.34. The molecular formula is C27H28F4N2O3. The molecule has 2 saturated carbocycles. The van der Waals surface area contributed by atoms with E-state index in [1.807, 2.05) is 12.1 Å². The number of halogens is 4. The van der Waals surface area contributed by atoms with Crippen molar-refractivity contribution in [3.05, 3.63) is 65.0 Å². The second-order valence-corrected chi connectivity index (χ2v) is 10.2. The monoisotopic (exact) mass is 504 g/mol. The molecule has 36 heavy (non-hydrogen) atoms. The first kappa shape index (κ1) is 24.7. The highest BCUT2D eigenvalue weighted by molar-refractivity contribution is 5.95. The molecule has 6 atom stereocenters. The molecular weight excluding hydrogens is 476 g/mol. The van der Waals surface area contributed by atoms with E-state index in [1.165, 1.54) is 5.56 Å². The Kier molecular flexibility index (Phi) is 6.53. The Bertz CT molecular complexity index is 1140. The molecule has 192 valence electrons. The lowest BCUT2D eigenvalue weighted by molar-refractivity contribution is -0.148. The third-order valence-electron chi connectivity index (χ3n) is 8.19. The van der Waals surface area contributed by atoms with Crippen LogP contribution in [0.1, 0.15) is 54.2 Å². The molecule has 5 nitrogen and oxygen atoms in total. The van der Waals surface area contributed by atoms with Crippen LogP contribution in [-0.2, 0) is 15.8 Å². The fraction of sp³-hybridized carbons (Fsp3) is 0.481. The first-order valence-corrected chi connectivity index (χ1v) is 12.4. The van der Waals surface area contributed by atoms with Crippen molar-refractivity contribution in [3.8, 4) is 0 Å². The summed E-state index contributed by atoms with van der Waals surface area (Å²) in [5.74, 6) is -3.47. The van der Waals surface area contributed by atoms with Gasteiger partial charge in [-0.15, -0.1) is 0 Å². The minimum Gasteiger partial charge on any atom is -0.481 e. The van der Waals surface area contributed by atoms with E-state index in [4.69, 9.17) is 0 Å². The average Bonchev–Trinajstić information content (AvgIpc) is 3.58. The van der Waals surface area contributed by atoms with E-state index in [-0.39, 0.29) is 5.92 Å². The number of alkyl halides is 3. The van der Waals surface area contributed by atoms with Crippen molar-refractivity contribution >= 4 is 17.6 Å². The first-order valence-electron chi connectivity index (χ1n) is 12.4. The van der Waals surface area contributed by atoms with Gasteiger partial charge < -0.3 is 15.7 Å². The molecule has 1 heterocycles. The number of hydrogen-bond donors (Lipinski definition) is 3. The van der Waals surface area contributed by atoms with Crippen LogP contribution in [0.3, 0.4) is 0 Å². The first-order chi connectivity index (χ1) is 17.1. The van der Waals surface area contributed by atoms with E-state index in [1.54, 1.807) is 0 Å². The van der Waals surface area contributed by atoms with Crippen LogP contribution in [0.2, 0.25) is 0 Å². The summed E-state index contributed by atoms with van der Waals surface area (Å²) in [5, 5.41) is 15.8. The normalized spacial score (nSPS) is 29.8. The van der Waals surface area contributed by atoms with Gasteiger partial charge in [-0.2, -0.15) is 13.2 Å². The number of amides is 1. The van der Waals surface area contributed by atoms with Crippen molar-refractivity contribution in [1.82, 2.24) is 5.32 Å². The number of hydrogen-bond acceptors (Lipinski definition) is 3. The van der Waals surface area contributed by atoms with Crippen LogP contribution in [0.5, 0.6) is 0 Å². The molecule has 3 fully saturated rings. The third kappa shape index (κ3) is 4.73. The van der Waals surface area contributed by atoms with Gasteiger partial charge in [0.15, 0.2) is 0 Å². The fourth-order valence-electron chi connectivity index (χ4n) is 6.34. The highest BCUT2D eigenvalue weighted by atomic mass is 19.4. The van der Waals surface area contributed by atoms with Crippen LogP contribution in [0.4, 0.5) is 23.2 Å². The summed E-state index contributed by atoms with van der Waals surface area (Å²) in [4.78, 5) is 25.3. The van der Waals surface area contributed by atoms with Crippen LogP contribution in [-0.4, -0.2) is 30.1 Å². The molecule has 1 saturated heterocycles. The second kappa shape index (κ2) is 9.50. The number of aliphatic carboxylic acids is 1. The number of carbonyl (C=O) groups excluding carboxylic acids is 1. The predicted molar refractivity (Wildman–Crippen MR) is 125 cm³/mol. The molecule has 1 aliphatic heterocycles. The van der Waals surface area contributed by atoms with Gasteiger partial charge in [0, 0.05) is 0 Å². The molecule has 1 amide bonds. The molecule has 0 radical (unpaired) electrons. The zero-order valence-electron chi connectivity index (χ0n) is 19.5. The predicted octanol–water partition coefficient (Wildman–Crippen LogP) is 5.39. The minimum atomic E-state index is -4.71. The summed E-state index contributed by atoms with van der Waals surface area (Å²) in [6.07, 6.45) is -2.02. The summed E-state index contributed by atoms with van der Waals surface area (Å²) in [6, 6.07) is 9.92. The van der Waals surface area contributed by atoms with Gasteiger partial charge in [0.2, 0.25) is 5.91 Å². The van der Waals surface area contributed by atoms with Crippen LogP contribution in [0.25, 0.3) is 0 Å². The van der Waals surface area contributed by atoms with E-state index in [9.17, 15) is 32.3 Å². The quantitative estimate of drug-likeness (QED) is 0.477. The Morgan fingerprint density at radius 1 is 0.972 bits per heavy atom. The Hall–Kier alpha value is -2.94. The number of anilines is 1. The molecule has 9 heteroatoms. The van der Waals surface area contributed by atoms with E-state index in [0.717, 1.165) is 31.1 Å². The van der Waals surface area contributed by atoms with Gasteiger partial charge in [0.25, 0.3) is 0 Å². The standard InChI is InChI=1S/C27H28F4N2O3/c28-21-12-16(27(29,30)31)8-9-22(21)33-25(34)19-3-1-2-17(24(19)26(35)36)14-4-6-15(7-5-14)23-18-10-11-32-13-20(18)23/h4-9,12,17-20,23-24,32H,1-3,10-11,13H2,(H,33,34)(H,35,36)/t17-,18+,19-,20-,23+,24-/m1/s1. The molecule has 0 bridgehead atoms. The molecule has 2 aromatic carbocycles. The number of fused-ring (bicyclic) bond motifs is 1. The Labute approximate surface area is 206 Å². The van der Waals surface area contributed by atoms with Gasteiger partial charge in [-0.3, -0.25) is 9.59 Å². The maximum atomic E-state index is 14.3. The maximum Gasteiger partial charge on any atom is 0.416 e. The van der Waals surface area contributed by atoms with Crippen LogP contribution >= 0.6 is 0 Å². The topological polar surface area (TPSA) is 78.4 Å². The number of carbonyl (C=O) groups is 2. The van der Waals surface area contributed by atoms with E-state index in [0.29, 0.717) is 49.1 Å². The zero-order chi connectivity index (χ0) is 25.6. The SMILES string of the molecule is O=C(O)[C@@H]1[C@@H](c2ccc([C@@H]3[C@@H]4CNCC[C@@H]43)cc2)CCC[C@H]1C(=O)Nc1ccc(C(F)(F)F)cc1F. The lowest BCUT2D eigenvalue weighted by Gasteiger charge is -2.35. The number of rotatable bonds is 5. The van der Waals surface area contributed by atoms with Crippen molar-refractivity contribution in [3.63, 3.8) is 0 Å². The Morgan fingerprint density at radius 2 is 1.69 bits per heavy atom. The van der Waals surface area contributed by atoms with Crippen LogP contribution in [0.15, 0.2) is 42.5 Å². The van der Waals surface area contributed by atoms with E-state index >= 15 is 0 Å². The summed E-state index contributed by atoms with van der Waals surface area (Å²) < 4.78 is 52.8. The molecule has 3 aliphatic rings. The lowest BCUT2D eigenvalue weighted by atomic mass is 9.69. The molecule has 0 unspecified atom stereocenters. The van der Waals surface area contributed by atoms with Crippen molar-refractivity contribution < 1.29 is 32.3 Å². The van der Waals surface area contributed by atoms with E-state index in [2.05, 4.69) is 22.8 Å². The largest absolute Gasteiger partial charge is 0.481 e. The number of piperidine rings is 1. The summed E-state index contributed by atoms with van der Waals surface area (Å²) >= 11 is 0. The summed E-state index contributed by atoms with van der Waals surface area (Å²) in [5.41, 5.74) is 0.548. The van der Waals surface area contributed by atoms with Crippen molar-refractivity contribution in [2.24, 2.45) is 23.7 Å². The molecule has 2 aliphatic carbocycles. The van der Waals surface area contributed by atoms with Gasteiger partial charge in [0.05, 0.1) is 23.1 Å². The summed E-state index contributed by atoms with van der Waals surface area (Å²) in [6.45, 7) is 2.06. The molecule has 0 spiro atoms. The smallest absolute Gasteiger partial charge is 0.416 e. The molecule has 2 aromatic rings. The summed E-state index contributed by atoms with van der Waals surface area (Å²) in [7, 11) is 0. The highest BCUT2D eigenvalue weighted by Crippen LogP contribution is 2.56. The van der Waals surface area contributed by atoms with Gasteiger partial charge in [-0.1, -0.05) is 30.7 Å². The molecule has 5 rings (SSSR count). The number of carboxylic acids is 1. The zero-order valence-corrected chi connectivity index (χ0v) is 19.5. The Balaban J connectivity index is 1.32. The number of benzene rings is 2. The van der Waals surface area contributed by atoms with E-state index < -0.39 is 47.0 Å². The second-order valence-electron chi connectivity index (χ2n) is 10.2. The minimum absolute atomic E-state index is 0.304. The van der Waals surface area contributed by atoms with Gasteiger partial charge in [-0.05, 0) is 85.3 Å². The maximum absolute atomic E-state index is 14.3. The Morgan fingerprint density at radius 3 is 2.31 bits per heavy atom. The van der Waals surface area contributed by atoms with Gasteiger partial charge >= 0.3 is 12.1 Å². The number of nitrogens with one attached hydrogen (secondary N) is 2. The lowest BCUT2D eigenvalue weighted by Crippen LogP contribution is -2.40. The van der Waals surface area contributed by atoms with Crippen molar-refractivity contribution in [2.45, 2.75) is 43.7 Å².